The Bertz CT molecular complexity index is 708. The highest BCUT2D eigenvalue weighted by molar-refractivity contribution is 6.34. The smallest absolute Gasteiger partial charge is 0.148 e. The van der Waals surface area contributed by atoms with Crippen LogP contribution < -0.4 is 0 Å². The van der Waals surface area contributed by atoms with Crippen LogP contribution in [0, 0.1) is 5.82 Å². The second-order valence-electron chi connectivity index (χ2n) is 4.76. The van der Waals surface area contributed by atoms with Crippen molar-refractivity contribution in [2.24, 2.45) is 4.99 Å². The predicted octanol–water partition coefficient (Wildman–Crippen LogP) is 4.17. The van der Waals surface area contributed by atoms with Crippen LogP contribution >= 0.6 is 11.6 Å². The minimum absolute atomic E-state index is 0.0300. The Hall–Kier alpha value is -1.72. The second kappa shape index (κ2) is 6.37. The highest BCUT2D eigenvalue weighted by Crippen LogP contribution is 2.39. The second-order valence-corrected chi connectivity index (χ2v) is 5.14. The van der Waals surface area contributed by atoms with Crippen molar-refractivity contribution >= 4 is 34.9 Å². The van der Waals surface area contributed by atoms with Crippen molar-refractivity contribution in [1.82, 2.24) is 10.2 Å². The van der Waals surface area contributed by atoms with Gasteiger partial charge >= 0.3 is 0 Å². The summed E-state index contributed by atoms with van der Waals surface area (Å²) < 4.78 is 19.9. The fourth-order valence-corrected chi connectivity index (χ4v) is 2.80. The predicted molar refractivity (Wildman–Crippen MR) is 84.6 cm³/mol. The molecule has 0 fully saturated rings. The number of fused-ring (bicyclic) bond motifs is 1. The maximum absolute atomic E-state index is 14.8. The van der Waals surface area contributed by atoms with Crippen LogP contribution in [0.25, 0.3) is 16.6 Å². The number of aromatic amines is 1. The standard InChI is InChI=1S/C15H17ClFN3O/c1-5-10(18-3)12-9-6-19-20-15(9)11(8(2)7-21-4)14(17)13(12)16/h5-6,8H,3,7H2,1-2,4H3,(H,19,20)/b10-5-. The highest BCUT2D eigenvalue weighted by atomic mass is 35.5. The number of hydrogen-bond acceptors (Lipinski definition) is 3. The van der Waals surface area contributed by atoms with Gasteiger partial charge in [0.1, 0.15) is 5.82 Å². The van der Waals surface area contributed by atoms with Crippen LogP contribution in [0.1, 0.15) is 30.9 Å². The number of benzene rings is 1. The molecule has 21 heavy (non-hydrogen) atoms. The number of hydrogen-bond donors (Lipinski definition) is 1. The van der Waals surface area contributed by atoms with Crippen molar-refractivity contribution in [3.63, 3.8) is 0 Å². The Labute approximate surface area is 127 Å². The van der Waals surface area contributed by atoms with Crippen molar-refractivity contribution in [2.75, 3.05) is 13.7 Å². The Morgan fingerprint density at radius 3 is 2.95 bits per heavy atom. The molecular weight excluding hydrogens is 293 g/mol. The molecule has 1 heterocycles. The number of ether oxygens (including phenoxy) is 1. The minimum Gasteiger partial charge on any atom is -0.384 e. The first-order chi connectivity index (χ1) is 10.1. The van der Waals surface area contributed by atoms with E-state index >= 15 is 0 Å². The maximum atomic E-state index is 14.8. The summed E-state index contributed by atoms with van der Waals surface area (Å²) in [6, 6.07) is 0. The lowest BCUT2D eigenvalue weighted by Gasteiger charge is -2.16. The zero-order valence-electron chi connectivity index (χ0n) is 12.2. The Balaban J connectivity index is 2.82. The van der Waals surface area contributed by atoms with Gasteiger partial charge in [-0.3, -0.25) is 10.1 Å². The van der Waals surface area contributed by atoms with Gasteiger partial charge in [-0.05, 0) is 13.6 Å². The number of nitrogens with zero attached hydrogens (tertiary/aromatic N) is 2. The number of H-pyrrole nitrogens is 1. The first-order valence-electron chi connectivity index (χ1n) is 6.53. The van der Waals surface area contributed by atoms with Crippen LogP contribution in [0.4, 0.5) is 4.39 Å². The molecule has 1 atom stereocenters. The van der Waals surface area contributed by atoms with Crippen LogP contribution in [0.15, 0.2) is 17.3 Å². The van der Waals surface area contributed by atoms with Crippen molar-refractivity contribution in [2.45, 2.75) is 19.8 Å². The molecule has 0 amide bonds. The van der Waals surface area contributed by atoms with Gasteiger partial charge in [0.2, 0.25) is 0 Å². The van der Waals surface area contributed by atoms with E-state index in [0.717, 1.165) is 5.39 Å². The van der Waals surface area contributed by atoms with Crippen LogP contribution in [-0.4, -0.2) is 30.6 Å². The quantitative estimate of drug-likeness (QED) is 0.843. The first kappa shape index (κ1) is 15.7. The van der Waals surface area contributed by atoms with Crippen LogP contribution in [0.3, 0.4) is 0 Å². The Morgan fingerprint density at radius 1 is 1.67 bits per heavy atom. The number of allylic oxidation sites excluding steroid dienone is 1. The van der Waals surface area contributed by atoms with E-state index in [2.05, 4.69) is 21.9 Å². The summed E-state index contributed by atoms with van der Waals surface area (Å²) in [5, 5.41) is 7.62. The molecule has 1 N–H and O–H groups in total. The summed E-state index contributed by atoms with van der Waals surface area (Å²) in [6.45, 7) is 7.57. The van der Waals surface area contributed by atoms with Gasteiger partial charge < -0.3 is 4.74 Å². The topological polar surface area (TPSA) is 50.3 Å². The third kappa shape index (κ3) is 2.59. The van der Waals surface area contributed by atoms with Gasteiger partial charge in [0.25, 0.3) is 0 Å². The molecular formula is C15H17ClFN3O. The van der Waals surface area contributed by atoms with Crippen molar-refractivity contribution in [3.05, 3.63) is 34.2 Å². The molecule has 1 aromatic heterocycles. The van der Waals surface area contributed by atoms with Gasteiger partial charge in [-0.1, -0.05) is 24.6 Å². The van der Waals surface area contributed by atoms with E-state index in [1.807, 2.05) is 6.92 Å². The average molecular weight is 310 g/mol. The minimum atomic E-state index is -0.476. The number of aromatic nitrogens is 2. The van der Waals surface area contributed by atoms with E-state index in [1.165, 1.54) is 0 Å². The Kier molecular flexibility index (Phi) is 4.75. The SMILES string of the molecule is C=N/C(=C\C)c1c(Cl)c(F)c(C(C)COC)c2[nH]ncc12. The molecule has 0 radical (unpaired) electrons. The summed E-state index contributed by atoms with van der Waals surface area (Å²) in [5.74, 6) is -0.633. The molecule has 112 valence electrons. The van der Waals surface area contributed by atoms with Crippen molar-refractivity contribution in [1.29, 1.82) is 0 Å². The van der Waals surface area contributed by atoms with Gasteiger partial charge in [-0.25, -0.2) is 4.39 Å². The van der Waals surface area contributed by atoms with E-state index in [0.29, 0.717) is 28.9 Å². The van der Waals surface area contributed by atoms with Crippen LogP contribution in [0.5, 0.6) is 0 Å². The summed E-state index contributed by atoms with van der Waals surface area (Å²) in [4.78, 5) is 3.91. The molecule has 1 unspecified atom stereocenters. The molecule has 1 aromatic carbocycles. The average Bonchev–Trinajstić information content (AvgIpc) is 2.92. The molecule has 0 aliphatic heterocycles. The van der Waals surface area contributed by atoms with E-state index < -0.39 is 5.82 Å². The normalized spacial score (nSPS) is 13.7. The lowest BCUT2D eigenvalue weighted by Crippen LogP contribution is -2.07. The molecule has 0 saturated carbocycles. The maximum Gasteiger partial charge on any atom is 0.148 e. The fourth-order valence-electron chi connectivity index (χ4n) is 2.50. The van der Waals surface area contributed by atoms with E-state index in [9.17, 15) is 4.39 Å². The number of halogens is 2. The van der Waals surface area contributed by atoms with Gasteiger partial charge in [0, 0.05) is 29.5 Å². The summed E-state index contributed by atoms with van der Waals surface area (Å²) in [6.07, 6.45) is 3.35. The third-order valence-corrected chi connectivity index (χ3v) is 3.79. The van der Waals surface area contributed by atoms with Crippen molar-refractivity contribution in [3.8, 4) is 0 Å². The zero-order valence-corrected chi connectivity index (χ0v) is 13.0. The molecule has 4 nitrogen and oxygen atoms in total. The lowest BCUT2D eigenvalue weighted by atomic mass is 9.95. The largest absolute Gasteiger partial charge is 0.384 e. The molecule has 2 aromatic rings. The number of methoxy groups -OCH3 is 1. The van der Waals surface area contributed by atoms with Gasteiger partial charge in [0.05, 0.1) is 29.0 Å². The monoisotopic (exact) mass is 309 g/mol. The number of aliphatic imine (C=N–C) groups is 1. The molecule has 0 aliphatic rings. The fraction of sp³-hybridized carbons (Fsp3) is 0.333. The van der Waals surface area contributed by atoms with Gasteiger partial charge in [-0.2, -0.15) is 5.10 Å². The molecule has 2 rings (SSSR count). The molecule has 0 saturated heterocycles. The molecule has 0 spiro atoms. The van der Waals surface area contributed by atoms with Gasteiger partial charge in [-0.15, -0.1) is 0 Å². The lowest BCUT2D eigenvalue weighted by molar-refractivity contribution is 0.183. The number of nitrogens with one attached hydrogen (secondary N) is 1. The van der Waals surface area contributed by atoms with Crippen LogP contribution in [-0.2, 0) is 4.74 Å². The van der Waals surface area contributed by atoms with Gasteiger partial charge in [0.15, 0.2) is 0 Å². The summed E-state index contributed by atoms with van der Waals surface area (Å²) in [7, 11) is 1.58. The van der Waals surface area contributed by atoms with E-state index in [-0.39, 0.29) is 10.9 Å². The van der Waals surface area contributed by atoms with Crippen LogP contribution in [0.2, 0.25) is 5.02 Å². The first-order valence-corrected chi connectivity index (χ1v) is 6.90. The van der Waals surface area contributed by atoms with Crippen molar-refractivity contribution < 1.29 is 9.13 Å². The third-order valence-electron chi connectivity index (χ3n) is 3.44. The summed E-state index contributed by atoms with van der Waals surface area (Å²) in [5.41, 5.74) is 2.11. The van der Waals surface area contributed by atoms with E-state index in [1.54, 1.807) is 26.3 Å². The Morgan fingerprint density at radius 2 is 2.38 bits per heavy atom. The summed E-state index contributed by atoms with van der Waals surface area (Å²) >= 11 is 6.24. The molecule has 0 aliphatic carbocycles. The highest BCUT2D eigenvalue weighted by Gasteiger charge is 2.24. The zero-order chi connectivity index (χ0) is 15.6. The molecule has 0 bridgehead atoms. The molecule has 6 heteroatoms. The van der Waals surface area contributed by atoms with E-state index in [4.69, 9.17) is 16.3 Å². The number of rotatable bonds is 5.